The van der Waals surface area contributed by atoms with E-state index in [2.05, 4.69) is 15.0 Å². The smallest absolute Gasteiger partial charge is 0.319 e. The molecule has 2 saturated heterocycles. The van der Waals surface area contributed by atoms with Crippen LogP contribution in [0.1, 0.15) is 37.7 Å². The Morgan fingerprint density at radius 2 is 1.87 bits per heavy atom. The molecular formula is C23H29ClN6O. The lowest BCUT2D eigenvalue weighted by molar-refractivity contribution is 0.126. The largest absolute Gasteiger partial charge is 0.404 e. The van der Waals surface area contributed by atoms with E-state index in [1.165, 1.54) is 12.6 Å². The summed E-state index contributed by atoms with van der Waals surface area (Å²) in [6.07, 6.45) is 10.6. The summed E-state index contributed by atoms with van der Waals surface area (Å²) in [6, 6.07) is 5.70. The average Bonchev–Trinajstić information content (AvgIpc) is 2.82. The number of fused-ring (bicyclic) bond motifs is 1. The summed E-state index contributed by atoms with van der Waals surface area (Å²) in [5.74, 6) is 0.482. The molecule has 2 aliphatic heterocycles. The molecule has 0 unspecified atom stereocenters. The lowest BCUT2D eigenvalue weighted by Gasteiger charge is -2.36. The molecule has 2 amide bonds. The van der Waals surface area contributed by atoms with Gasteiger partial charge < -0.3 is 15.5 Å². The van der Waals surface area contributed by atoms with Crippen LogP contribution in [0.25, 0.3) is 16.6 Å². The molecule has 2 fully saturated rings. The minimum atomic E-state index is 0.215. The molecule has 0 atom stereocenters. The van der Waals surface area contributed by atoms with Gasteiger partial charge in [-0.25, -0.2) is 9.78 Å². The Labute approximate surface area is 188 Å². The van der Waals surface area contributed by atoms with Crippen molar-refractivity contribution in [2.45, 2.75) is 32.1 Å². The van der Waals surface area contributed by atoms with Gasteiger partial charge in [0.25, 0.3) is 0 Å². The lowest BCUT2D eigenvalue weighted by Crippen LogP contribution is -2.48. The van der Waals surface area contributed by atoms with Crippen LogP contribution >= 0.6 is 11.6 Å². The minimum Gasteiger partial charge on any atom is -0.404 e. The van der Waals surface area contributed by atoms with E-state index in [1.54, 1.807) is 18.5 Å². The number of halogens is 1. The number of aliphatic imine (C=N–C) groups is 1. The van der Waals surface area contributed by atoms with Crippen molar-refractivity contribution in [3.63, 3.8) is 0 Å². The first-order valence-electron chi connectivity index (χ1n) is 11.0. The van der Waals surface area contributed by atoms with Gasteiger partial charge in [0.1, 0.15) is 5.15 Å². The third-order valence-corrected chi connectivity index (χ3v) is 6.33. The quantitative estimate of drug-likeness (QED) is 0.575. The Hall–Kier alpha value is -2.67. The van der Waals surface area contributed by atoms with Gasteiger partial charge in [-0.05, 0) is 56.2 Å². The molecule has 0 aliphatic carbocycles. The fourth-order valence-electron chi connectivity index (χ4n) is 4.25. The minimum absolute atomic E-state index is 0.215. The van der Waals surface area contributed by atoms with Crippen LogP contribution in [0.2, 0.25) is 5.15 Å². The highest BCUT2D eigenvalue weighted by Crippen LogP contribution is 2.21. The molecule has 2 aliphatic rings. The van der Waals surface area contributed by atoms with Gasteiger partial charge in [0.2, 0.25) is 0 Å². The summed E-state index contributed by atoms with van der Waals surface area (Å²) in [6.45, 7) is 4.17. The van der Waals surface area contributed by atoms with E-state index < -0.39 is 0 Å². The van der Waals surface area contributed by atoms with E-state index in [0.717, 1.165) is 80.6 Å². The molecular weight excluding hydrogens is 412 g/mol. The molecule has 31 heavy (non-hydrogen) atoms. The van der Waals surface area contributed by atoms with E-state index >= 15 is 0 Å². The number of urea groups is 1. The molecule has 2 N–H and O–H groups in total. The second kappa shape index (κ2) is 10.1. The number of carbonyl (C=O) groups is 1. The summed E-state index contributed by atoms with van der Waals surface area (Å²) in [5, 5.41) is 0.434. The van der Waals surface area contributed by atoms with Gasteiger partial charge in [0.15, 0.2) is 0 Å². The van der Waals surface area contributed by atoms with E-state index in [9.17, 15) is 4.79 Å². The molecule has 0 radical (unpaired) electrons. The highest BCUT2D eigenvalue weighted by atomic mass is 35.5. The van der Waals surface area contributed by atoms with Crippen molar-refractivity contribution in [2.24, 2.45) is 16.6 Å². The molecule has 0 aromatic carbocycles. The van der Waals surface area contributed by atoms with Crippen molar-refractivity contribution in [1.29, 1.82) is 0 Å². The van der Waals surface area contributed by atoms with Gasteiger partial charge in [-0.3, -0.25) is 9.98 Å². The molecule has 4 rings (SSSR count). The van der Waals surface area contributed by atoms with Crippen LogP contribution in [0, 0.1) is 5.92 Å². The van der Waals surface area contributed by atoms with Crippen LogP contribution in [0.5, 0.6) is 0 Å². The van der Waals surface area contributed by atoms with E-state index in [0.29, 0.717) is 11.1 Å². The number of pyridine rings is 2. The Morgan fingerprint density at radius 1 is 1.13 bits per heavy atom. The first kappa shape index (κ1) is 21.6. The second-order valence-electron chi connectivity index (χ2n) is 8.27. The van der Waals surface area contributed by atoms with Gasteiger partial charge in [-0.2, -0.15) is 0 Å². The zero-order valence-corrected chi connectivity index (χ0v) is 18.5. The van der Waals surface area contributed by atoms with E-state index in [-0.39, 0.29) is 6.03 Å². The predicted molar refractivity (Wildman–Crippen MR) is 125 cm³/mol. The van der Waals surface area contributed by atoms with Crippen LogP contribution in [0.3, 0.4) is 0 Å². The molecule has 0 saturated carbocycles. The summed E-state index contributed by atoms with van der Waals surface area (Å²) >= 11 is 6.00. The van der Waals surface area contributed by atoms with Crippen molar-refractivity contribution < 1.29 is 4.79 Å². The Kier molecular flexibility index (Phi) is 7.02. The highest BCUT2D eigenvalue weighted by molar-refractivity contribution is 6.29. The lowest BCUT2D eigenvalue weighted by atomic mass is 9.97. The van der Waals surface area contributed by atoms with Crippen molar-refractivity contribution in [2.75, 3.05) is 32.7 Å². The third kappa shape index (κ3) is 5.34. The van der Waals surface area contributed by atoms with Crippen LogP contribution in [0.4, 0.5) is 4.79 Å². The Balaban J connectivity index is 1.30. The average molecular weight is 441 g/mol. The standard InChI is InChI=1S/C23H29ClN6O/c24-22-5-4-20-21(28-22)12-18(16-27-20)19(13-25)15-26-14-17-6-10-30(11-7-17)23(31)29-8-2-1-3-9-29/h4-5,12-13,15-17H,1-3,6-11,14,25H2. The van der Waals surface area contributed by atoms with Gasteiger partial charge in [0.05, 0.1) is 11.0 Å². The maximum atomic E-state index is 12.7. The number of nitrogens with zero attached hydrogens (tertiary/aromatic N) is 5. The monoisotopic (exact) mass is 440 g/mol. The molecule has 164 valence electrons. The van der Waals surface area contributed by atoms with Crippen molar-refractivity contribution in [1.82, 2.24) is 19.8 Å². The number of hydrogen-bond acceptors (Lipinski definition) is 5. The number of piperidine rings is 2. The fourth-order valence-corrected chi connectivity index (χ4v) is 4.40. The van der Waals surface area contributed by atoms with Gasteiger partial charge >= 0.3 is 6.03 Å². The first-order valence-corrected chi connectivity index (χ1v) is 11.4. The SMILES string of the molecule is NC=C(C=NCC1CCN(C(=O)N2CCCCC2)CC1)c1cnc2ccc(Cl)nc2c1. The number of nitrogens with two attached hydrogens (primary N) is 1. The predicted octanol–water partition coefficient (Wildman–Crippen LogP) is 3.97. The van der Waals surface area contributed by atoms with Crippen molar-refractivity contribution in [3.05, 3.63) is 41.3 Å². The normalized spacial score (nSPS) is 18.8. The van der Waals surface area contributed by atoms with E-state index in [4.69, 9.17) is 17.3 Å². The Bertz CT molecular complexity index is 977. The number of carbonyl (C=O) groups excluding carboxylic acids is 1. The number of hydrogen-bond donors (Lipinski definition) is 1. The van der Waals surface area contributed by atoms with Crippen LogP contribution in [0.15, 0.2) is 35.6 Å². The topological polar surface area (TPSA) is 87.7 Å². The maximum absolute atomic E-state index is 12.7. The van der Waals surface area contributed by atoms with Gasteiger partial charge in [0, 0.05) is 62.5 Å². The van der Waals surface area contributed by atoms with Gasteiger partial charge in [-0.1, -0.05) is 11.6 Å². The second-order valence-corrected chi connectivity index (χ2v) is 8.66. The molecule has 2 aromatic heterocycles. The molecule has 7 nitrogen and oxygen atoms in total. The van der Waals surface area contributed by atoms with Crippen LogP contribution in [-0.2, 0) is 0 Å². The van der Waals surface area contributed by atoms with Crippen molar-refractivity contribution >= 4 is 40.5 Å². The van der Waals surface area contributed by atoms with Crippen molar-refractivity contribution in [3.8, 4) is 0 Å². The number of allylic oxidation sites excluding steroid dienone is 1. The zero-order valence-electron chi connectivity index (χ0n) is 17.7. The molecule has 0 bridgehead atoms. The van der Waals surface area contributed by atoms with Gasteiger partial charge in [-0.15, -0.1) is 0 Å². The van der Waals surface area contributed by atoms with E-state index in [1.807, 2.05) is 21.9 Å². The Morgan fingerprint density at radius 3 is 2.61 bits per heavy atom. The number of aromatic nitrogens is 2. The third-order valence-electron chi connectivity index (χ3n) is 6.12. The molecule has 8 heteroatoms. The molecule has 4 heterocycles. The summed E-state index contributed by atoms with van der Waals surface area (Å²) in [4.78, 5) is 30.1. The first-order chi connectivity index (χ1) is 15.1. The van der Waals surface area contributed by atoms with Crippen LogP contribution in [-0.4, -0.2) is 64.7 Å². The summed E-state index contributed by atoms with van der Waals surface area (Å²) in [7, 11) is 0. The van der Waals surface area contributed by atoms with Crippen LogP contribution < -0.4 is 5.73 Å². The number of likely N-dealkylation sites (tertiary alicyclic amines) is 2. The zero-order chi connectivity index (χ0) is 21.6. The highest BCUT2D eigenvalue weighted by Gasteiger charge is 2.26. The maximum Gasteiger partial charge on any atom is 0.319 e. The molecule has 2 aromatic rings. The number of rotatable bonds is 4. The summed E-state index contributed by atoms with van der Waals surface area (Å²) < 4.78 is 0. The fraction of sp³-hybridized carbons (Fsp3) is 0.478. The summed E-state index contributed by atoms with van der Waals surface area (Å²) in [5.41, 5.74) is 9.01. The number of amides is 2. The molecule has 0 spiro atoms.